The van der Waals surface area contributed by atoms with E-state index in [4.69, 9.17) is 42.7 Å². The number of anilines is 2. The first-order valence-corrected chi connectivity index (χ1v) is 16.0. The minimum atomic E-state index is -2.09. The molecule has 5 rings (SSSR count). The molecule has 3 aromatic rings. The number of urea groups is 1. The van der Waals surface area contributed by atoms with E-state index in [1.807, 2.05) is 0 Å². The number of nitrogens with two attached hydrogens (primary N) is 1. The van der Waals surface area contributed by atoms with Gasteiger partial charge in [0.2, 0.25) is 10.9 Å². The maximum absolute atomic E-state index is 13.6. The zero-order valence-corrected chi connectivity index (χ0v) is 28.6. The Morgan fingerprint density at radius 2 is 1.92 bits per heavy atom. The second-order valence-corrected chi connectivity index (χ2v) is 12.5. The summed E-state index contributed by atoms with van der Waals surface area (Å²) in [6, 6.07) is 6.84. The van der Waals surface area contributed by atoms with E-state index in [1.165, 1.54) is 24.7 Å². The Bertz CT molecular complexity index is 1810. The second-order valence-electron chi connectivity index (χ2n) is 12.1. The van der Waals surface area contributed by atoms with Crippen molar-refractivity contribution in [2.45, 2.75) is 64.6 Å². The summed E-state index contributed by atoms with van der Waals surface area (Å²) in [6.07, 6.45) is 4.85. The number of Topliss-reactive ketones (excluding diaryl/α,β-unsaturated/α-hetero) is 1. The van der Waals surface area contributed by atoms with Gasteiger partial charge in [-0.2, -0.15) is 9.97 Å². The number of nitrogen functional groups attached to an aromatic ring is 1. The Labute approximate surface area is 288 Å². The first-order chi connectivity index (χ1) is 23.2. The topological polar surface area (TPSA) is 181 Å². The zero-order valence-electron chi connectivity index (χ0n) is 27.8. The van der Waals surface area contributed by atoms with Crippen LogP contribution in [0.5, 0.6) is 0 Å². The maximum Gasteiger partial charge on any atom is 0.346 e. The van der Waals surface area contributed by atoms with Crippen LogP contribution in [-0.2, 0) is 39.8 Å². The van der Waals surface area contributed by atoms with Crippen LogP contribution in [0.2, 0.25) is 5.28 Å². The molecule has 2 amide bonds. The number of carbonyl (C=O) groups is 4. The molecule has 0 radical (unpaired) electrons. The number of carbonyl (C=O) groups excluding carboxylic acids is 4. The predicted molar refractivity (Wildman–Crippen MR) is 177 cm³/mol. The summed E-state index contributed by atoms with van der Waals surface area (Å²) in [4.78, 5) is 67.8. The number of amides is 2. The minimum absolute atomic E-state index is 0.0133. The number of ketones is 1. The largest absolute Gasteiger partial charge is 0.463 e. The predicted octanol–water partition coefficient (Wildman–Crippen LogP) is 2.94. The molecular weight excluding hydrogens is 658 g/mol. The van der Waals surface area contributed by atoms with Crippen LogP contribution in [0.15, 0.2) is 30.6 Å². The standard InChI is InChI=1S/C33H38ClN7O8/c1-7-32(5)23(49-28(25(32)48-20(4)43)41-18-36-24-26(35)37-30(34)38-27(24)41)17-47-33(19(3)42,29(44)46-8-2)16-21-10-12-22(13-11-21)40-15-9-14-39(6)31(40)45/h1,10-13,18,23,25,28H,8-9,14-17H2,2-6H3,(H2,35,37,38)/t23-,25+,28-,32+,33?/m1/s1. The second kappa shape index (κ2) is 14.0. The highest BCUT2D eigenvalue weighted by molar-refractivity contribution is 6.28. The molecule has 2 aliphatic rings. The van der Waals surface area contributed by atoms with Crippen molar-refractivity contribution in [2.24, 2.45) is 5.41 Å². The van der Waals surface area contributed by atoms with Crippen LogP contribution in [0.4, 0.5) is 16.3 Å². The number of fused-ring (bicyclic) bond motifs is 1. The van der Waals surface area contributed by atoms with Crippen LogP contribution in [0.3, 0.4) is 0 Å². The third-order valence-corrected chi connectivity index (χ3v) is 9.08. The van der Waals surface area contributed by atoms with Crippen LogP contribution in [0.25, 0.3) is 11.2 Å². The molecule has 49 heavy (non-hydrogen) atoms. The summed E-state index contributed by atoms with van der Waals surface area (Å²) in [6.45, 7) is 6.57. The molecule has 2 aliphatic heterocycles. The van der Waals surface area contributed by atoms with Gasteiger partial charge in [0, 0.05) is 39.2 Å². The fraction of sp³-hybridized carbons (Fsp3) is 0.485. The summed E-state index contributed by atoms with van der Waals surface area (Å²) in [7, 11) is 1.74. The summed E-state index contributed by atoms with van der Waals surface area (Å²) >= 11 is 6.09. The van der Waals surface area contributed by atoms with Gasteiger partial charge in [0.1, 0.15) is 11.6 Å². The third kappa shape index (κ3) is 6.63. The van der Waals surface area contributed by atoms with E-state index in [9.17, 15) is 19.2 Å². The van der Waals surface area contributed by atoms with Gasteiger partial charge < -0.3 is 29.6 Å². The molecule has 15 nitrogen and oxygen atoms in total. The Morgan fingerprint density at radius 3 is 2.55 bits per heavy atom. The highest BCUT2D eigenvalue weighted by Gasteiger charge is 2.58. The molecule has 16 heteroatoms. The minimum Gasteiger partial charge on any atom is -0.463 e. The number of hydrogen-bond acceptors (Lipinski definition) is 12. The van der Waals surface area contributed by atoms with Crippen molar-refractivity contribution in [3.05, 3.63) is 41.4 Å². The van der Waals surface area contributed by atoms with Gasteiger partial charge in [-0.15, -0.1) is 6.42 Å². The smallest absolute Gasteiger partial charge is 0.346 e. The van der Waals surface area contributed by atoms with Crippen LogP contribution in [-0.4, -0.2) is 99.3 Å². The van der Waals surface area contributed by atoms with E-state index in [0.29, 0.717) is 24.3 Å². The zero-order chi connectivity index (χ0) is 35.7. The molecule has 2 N–H and O–H groups in total. The maximum atomic E-state index is 13.6. The average Bonchev–Trinajstić information content (AvgIpc) is 3.59. The SMILES string of the molecule is C#C[C@@]1(C)[C@@H](COC(Cc2ccc(N3CCCN(C)C3=O)cc2)(C(C)=O)C(=O)OCC)O[C@@H](n2cnc3c(N)nc(Cl)nc32)[C@@H]1OC(C)=O. The van der Waals surface area contributed by atoms with E-state index in [2.05, 4.69) is 20.9 Å². The van der Waals surface area contributed by atoms with E-state index in [0.717, 1.165) is 6.42 Å². The number of terminal acetylenes is 1. The van der Waals surface area contributed by atoms with E-state index >= 15 is 0 Å². The van der Waals surface area contributed by atoms with Crippen molar-refractivity contribution in [2.75, 3.05) is 44.0 Å². The molecule has 4 heterocycles. The summed E-state index contributed by atoms with van der Waals surface area (Å²) in [5.74, 6) is 0.572. The van der Waals surface area contributed by atoms with Crippen molar-refractivity contribution in [3.63, 3.8) is 0 Å². The Balaban J connectivity index is 1.47. The van der Waals surface area contributed by atoms with Gasteiger partial charge >= 0.3 is 18.0 Å². The molecule has 2 aromatic heterocycles. The molecule has 0 saturated carbocycles. The van der Waals surface area contributed by atoms with Gasteiger partial charge in [0.15, 0.2) is 29.6 Å². The highest BCUT2D eigenvalue weighted by atomic mass is 35.5. The third-order valence-electron chi connectivity index (χ3n) is 8.91. The molecule has 5 atom stereocenters. The van der Waals surface area contributed by atoms with Crippen molar-refractivity contribution >= 4 is 58.0 Å². The van der Waals surface area contributed by atoms with Crippen molar-refractivity contribution in [1.82, 2.24) is 24.4 Å². The monoisotopic (exact) mass is 695 g/mol. The summed E-state index contributed by atoms with van der Waals surface area (Å²) in [5.41, 5.74) is 4.25. The normalized spacial score (nSPS) is 23.6. The van der Waals surface area contributed by atoms with Gasteiger partial charge in [-0.25, -0.2) is 14.6 Å². The molecule has 0 bridgehead atoms. The van der Waals surface area contributed by atoms with Crippen molar-refractivity contribution < 1.29 is 38.1 Å². The number of aromatic nitrogens is 4. The van der Waals surface area contributed by atoms with Gasteiger partial charge in [-0.1, -0.05) is 18.1 Å². The molecule has 1 unspecified atom stereocenters. The lowest BCUT2D eigenvalue weighted by molar-refractivity contribution is -0.182. The number of imidazole rings is 1. The fourth-order valence-electron chi connectivity index (χ4n) is 6.12. The first kappa shape index (κ1) is 35.5. The number of halogens is 1. The van der Waals surface area contributed by atoms with Crippen LogP contribution >= 0.6 is 11.6 Å². The van der Waals surface area contributed by atoms with E-state index in [1.54, 1.807) is 55.0 Å². The highest BCUT2D eigenvalue weighted by Crippen LogP contribution is 2.46. The molecule has 0 aliphatic carbocycles. The van der Waals surface area contributed by atoms with Gasteiger partial charge in [-0.05, 0) is 56.5 Å². The van der Waals surface area contributed by atoms with Gasteiger partial charge in [0.25, 0.3) is 0 Å². The molecule has 2 fully saturated rings. The Morgan fingerprint density at radius 1 is 1.20 bits per heavy atom. The fourth-order valence-corrected chi connectivity index (χ4v) is 6.29. The molecule has 0 spiro atoms. The van der Waals surface area contributed by atoms with Gasteiger partial charge in [-0.3, -0.25) is 19.1 Å². The number of ether oxygens (including phenoxy) is 4. The molecular formula is C33H38ClN7O8. The molecule has 1 aromatic carbocycles. The summed E-state index contributed by atoms with van der Waals surface area (Å²) in [5, 5.41) is -0.142. The summed E-state index contributed by atoms with van der Waals surface area (Å²) < 4.78 is 25.2. The number of hydrogen-bond donors (Lipinski definition) is 1. The van der Waals surface area contributed by atoms with Crippen LogP contribution in [0.1, 0.15) is 45.9 Å². The first-order valence-electron chi connectivity index (χ1n) is 15.7. The van der Waals surface area contributed by atoms with Crippen LogP contribution in [0, 0.1) is 17.8 Å². The lowest BCUT2D eigenvalue weighted by Crippen LogP contribution is -2.53. The van der Waals surface area contributed by atoms with E-state index in [-0.39, 0.29) is 47.9 Å². The van der Waals surface area contributed by atoms with Gasteiger partial charge in [0.05, 0.1) is 25.0 Å². The number of nitrogens with zero attached hydrogens (tertiary/aromatic N) is 6. The lowest BCUT2D eigenvalue weighted by atomic mass is 9.81. The van der Waals surface area contributed by atoms with Crippen molar-refractivity contribution in [3.8, 4) is 12.3 Å². The lowest BCUT2D eigenvalue weighted by Gasteiger charge is -2.34. The molecule has 260 valence electrons. The Hall–Kier alpha value is -4.78. The number of benzene rings is 1. The molecule has 2 saturated heterocycles. The Kier molecular flexibility index (Phi) is 10.1. The number of esters is 2. The van der Waals surface area contributed by atoms with E-state index < -0.39 is 47.2 Å². The van der Waals surface area contributed by atoms with Crippen LogP contribution < -0.4 is 10.6 Å². The number of rotatable bonds is 11. The van der Waals surface area contributed by atoms with Crippen molar-refractivity contribution in [1.29, 1.82) is 0 Å². The quantitative estimate of drug-likeness (QED) is 0.134. The average molecular weight is 696 g/mol.